The molecule has 8 heteroatoms. The minimum atomic E-state index is -3.69. The zero-order valence-corrected chi connectivity index (χ0v) is 16.5. The number of hydrogen-bond acceptors (Lipinski definition) is 5. The number of esters is 1. The Labute approximate surface area is 164 Å². The summed E-state index contributed by atoms with van der Waals surface area (Å²) in [4.78, 5) is 25.2. The van der Waals surface area contributed by atoms with Gasteiger partial charge in [0.1, 0.15) is 0 Å². The maximum atomic E-state index is 12.7. The second-order valence-electron chi connectivity index (χ2n) is 6.79. The first kappa shape index (κ1) is 20.0. The predicted molar refractivity (Wildman–Crippen MR) is 103 cm³/mol. The minimum absolute atomic E-state index is 0.0226. The Hall–Kier alpha value is -2.71. The molecule has 0 aromatic heterocycles. The SMILES string of the molecule is CN(C)S(=O)(=O)c1cccc(C(=O)OC(C(=O)NC2CC2)c2ccccc2)c1. The van der Waals surface area contributed by atoms with Gasteiger partial charge in [0.2, 0.25) is 16.1 Å². The minimum Gasteiger partial charge on any atom is -0.444 e. The molecule has 148 valence electrons. The summed E-state index contributed by atoms with van der Waals surface area (Å²) in [5, 5.41) is 2.84. The van der Waals surface area contributed by atoms with E-state index in [0.717, 1.165) is 17.1 Å². The molecule has 3 rings (SSSR count). The molecular weight excluding hydrogens is 380 g/mol. The van der Waals surface area contributed by atoms with Crippen molar-refractivity contribution in [1.29, 1.82) is 0 Å². The summed E-state index contributed by atoms with van der Waals surface area (Å²) in [5.74, 6) is -1.16. The number of sulfonamides is 1. The highest BCUT2D eigenvalue weighted by Crippen LogP contribution is 2.24. The molecule has 1 saturated carbocycles. The summed E-state index contributed by atoms with van der Waals surface area (Å²) in [6, 6.07) is 14.4. The average molecular weight is 402 g/mol. The van der Waals surface area contributed by atoms with Crippen molar-refractivity contribution in [3.8, 4) is 0 Å². The quantitative estimate of drug-likeness (QED) is 0.716. The molecule has 0 bridgehead atoms. The van der Waals surface area contributed by atoms with Crippen molar-refractivity contribution in [3.63, 3.8) is 0 Å². The third-order valence-corrected chi connectivity index (χ3v) is 6.15. The van der Waals surface area contributed by atoms with E-state index in [1.54, 1.807) is 30.3 Å². The van der Waals surface area contributed by atoms with Gasteiger partial charge in [-0.05, 0) is 31.0 Å². The monoisotopic (exact) mass is 402 g/mol. The van der Waals surface area contributed by atoms with Gasteiger partial charge in [-0.15, -0.1) is 0 Å². The van der Waals surface area contributed by atoms with Crippen LogP contribution in [0.4, 0.5) is 0 Å². The first-order valence-corrected chi connectivity index (χ1v) is 10.3. The molecule has 0 aliphatic heterocycles. The zero-order valence-electron chi connectivity index (χ0n) is 15.7. The van der Waals surface area contributed by atoms with Gasteiger partial charge < -0.3 is 10.1 Å². The van der Waals surface area contributed by atoms with Gasteiger partial charge in [-0.3, -0.25) is 4.79 Å². The van der Waals surface area contributed by atoms with E-state index in [1.165, 1.54) is 38.4 Å². The molecule has 28 heavy (non-hydrogen) atoms. The van der Waals surface area contributed by atoms with Gasteiger partial charge in [0.25, 0.3) is 5.91 Å². The number of rotatable bonds is 7. The van der Waals surface area contributed by atoms with Crippen LogP contribution in [0.25, 0.3) is 0 Å². The molecule has 1 atom stereocenters. The largest absolute Gasteiger partial charge is 0.444 e. The van der Waals surface area contributed by atoms with Crippen molar-refractivity contribution >= 4 is 21.9 Å². The lowest BCUT2D eigenvalue weighted by Crippen LogP contribution is -2.33. The number of carbonyl (C=O) groups excluding carboxylic acids is 2. The third kappa shape index (κ3) is 4.58. The lowest BCUT2D eigenvalue weighted by Gasteiger charge is -2.18. The van der Waals surface area contributed by atoms with Crippen LogP contribution in [-0.2, 0) is 19.6 Å². The van der Waals surface area contributed by atoms with Gasteiger partial charge in [-0.25, -0.2) is 17.5 Å². The Kier molecular flexibility index (Phi) is 5.81. The smallest absolute Gasteiger partial charge is 0.339 e. The van der Waals surface area contributed by atoms with Gasteiger partial charge in [0.15, 0.2) is 0 Å². The number of nitrogens with one attached hydrogen (secondary N) is 1. The average Bonchev–Trinajstić information content (AvgIpc) is 3.50. The van der Waals surface area contributed by atoms with E-state index < -0.39 is 22.1 Å². The molecule has 2 aromatic carbocycles. The Bertz CT molecular complexity index is 969. The molecule has 0 saturated heterocycles. The fraction of sp³-hybridized carbons (Fsp3) is 0.300. The zero-order chi connectivity index (χ0) is 20.3. The summed E-state index contributed by atoms with van der Waals surface area (Å²) < 4.78 is 31.1. The number of ether oxygens (including phenoxy) is 1. The number of hydrogen-bond donors (Lipinski definition) is 1. The molecular formula is C20H22N2O5S. The first-order chi connectivity index (χ1) is 13.3. The number of nitrogens with zero attached hydrogens (tertiary/aromatic N) is 1. The van der Waals surface area contributed by atoms with Crippen LogP contribution in [-0.4, -0.2) is 44.7 Å². The molecule has 1 aliphatic carbocycles. The molecule has 1 amide bonds. The highest BCUT2D eigenvalue weighted by Gasteiger charge is 2.31. The van der Waals surface area contributed by atoms with E-state index in [2.05, 4.69) is 5.32 Å². The first-order valence-electron chi connectivity index (χ1n) is 8.88. The molecule has 1 fully saturated rings. The summed E-state index contributed by atoms with van der Waals surface area (Å²) >= 11 is 0. The molecule has 2 aromatic rings. The van der Waals surface area contributed by atoms with Crippen LogP contribution in [0.3, 0.4) is 0 Å². The molecule has 1 unspecified atom stereocenters. The van der Waals surface area contributed by atoms with Crippen molar-refractivity contribution in [2.24, 2.45) is 0 Å². The maximum absolute atomic E-state index is 12.7. The van der Waals surface area contributed by atoms with Crippen molar-refractivity contribution in [1.82, 2.24) is 9.62 Å². The van der Waals surface area contributed by atoms with Crippen LogP contribution in [0.2, 0.25) is 0 Å². The van der Waals surface area contributed by atoms with Crippen LogP contribution in [0.15, 0.2) is 59.5 Å². The summed E-state index contributed by atoms with van der Waals surface area (Å²) in [6.45, 7) is 0. The van der Waals surface area contributed by atoms with E-state index in [0.29, 0.717) is 5.56 Å². The van der Waals surface area contributed by atoms with Crippen LogP contribution in [0, 0.1) is 0 Å². The molecule has 1 N–H and O–H groups in total. The molecule has 0 spiro atoms. The Balaban J connectivity index is 1.85. The number of carbonyl (C=O) groups is 2. The molecule has 0 heterocycles. The second kappa shape index (κ2) is 8.12. The Morgan fingerprint density at radius 2 is 1.75 bits per heavy atom. The lowest BCUT2D eigenvalue weighted by atomic mass is 10.1. The molecule has 1 aliphatic rings. The highest BCUT2D eigenvalue weighted by molar-refractivity contribution is 7.89. The van der Waals surface area contributed by atoms with Gasteiger partial charge in [0, 0.05) is 25.7 Å². The van der Waals surface area contributed by atoms with Gasteiger partial charge in [-0.2, -0.15) is 0 Å². The van der Waals surface area contributed by atoms with Gasteiger partial charge in [-0.1, -0.05) is 36.4 Å². The van der Waals surface area contributed by atoms with E-state index in [4.69, 9.17) is 4.74 Å². The van der Waals surface area contributed by atoms with Gasteiger partial charge in [0.05, 0.1) is 10.5 Å². The Morgan fingerprint density at radius 1 is 1.07 bits per heavy atom. The van der Waals surface area contributed by atoms with E-state index in [9.17, 15) is 18.0 Å². The van der Waals surface area contributed by atoms with Crippen LogP contribution in [0.5, 0.6) is 0 Å². The summed E-state index contributed by atoms with van der Waals surface area (Å²) in [6.07, 6.45) is 0.709. The van der Waals surface area contributed by atoms with Crippen molar-refractivity contribution in [3.05, 3.63) is 65.7 Å². The molecule has 7 nitrogen and oxygen atoms in total. The standard InChI is InChI=1S/C20H22N2O5S/c1-22(2)28(25,26)17-10-6-9-15(13-17)20(24)27-18(14-7-4-3-5-8-14)19(23)21-16-11-12-16/h3-10,13,16,18H,11-12H2,1-2H3,(H,21,23). The lowest BCUT2D eigenvalue weighted by molar-refractivity contribution is -0.130. The fourth-order valence-electron chi connectivity index (χ4n) is 2.57. The van der Waals surface area contributed by atoms with E-state index in [1.807, 2.05) is 0 Å². The molecule has 0 radical (unpaired) electrons. The van der Waals surface area contributed by atoms with Crippen LogP contribution < -0.4 is 5.32 Å². The van der Waals surface area contributed by atoms with E-state index in [-0.39, 0.29) is 22.4 Å². The summed E-state index contributed by atoms with van der Waals surface area (Å²) in [5.41, 5.74) is 0.606. The van der Waals surface area contributed by atoms with Gasteiger partial charge >= 0.3 is 5.97 Å². The van der Waals surface area contributed by atoms with E-state index >= 15 is 0 Å². The summed E-state index contributed by atoms with van der Waals surface area (Å²) in [7, 11) is -0.870. The van der Waals surface area contributed by atoms with Crippen molar-refractivity contribution in [2.45, 2.75) is 29.9 Å². The van der Waals surface area contributed by atoms with Crippen molar-refractivity contribution < 1.29 is 22.7 Å². The van der Waals surface area contributed by atoms with Crippen LogP contribution in [0.1, 0.15) is 34.9 Å². The third-order valence-electron chi connectivity index (χ3n) is 4.34. The van der Waals surface area contributed by atoms with Crippen LogP contribution >= 0.6 is 0 Å². The second-order valence-corrected chi connectivity index (χ2v) is 8.95. The topological polar surface area (TPSA) is 92.8 Å². The number of benzene rings is 2. The predicted octanol–water partition coefficient (Wildman–Crippen LogP) is 2.11. The van der Waals surface area contributed by atoms with Crippen molar-refractivity contribution in [2.75, 3.05) is 14.1 Å². The number of amides is 1. The normalized spacial score (nSPS) is 15.1. The Morgan fingerprint density at radius 3 is 2.36 bits per heavy atom. The maximum Gasteiger partial charge on any atom is 0.339 e. The highest BCUT2D eigenvalue weighted by atomic mass is 32.2. The fourth-order valence-corrected chi connectivity index (χ4v) is 3.52.